The van der Waals surface area contributed by atoms with Gasteiger partial charge in [0.05, 0.1) is 19.0 Å². The van der Waals surface area contributed by atoms with Crippen molar-refractivity contribution in [2.75, 3.05) is 25.5 Å². The first-order valence-corrected chi connectivity index (χ1v) is 14.1. The van der Waals surface area contributed by atoms with Crippen LogP contribution in [0, 0.1) is 0 Å². The van der Waals surface area contributed by atoms with Crippen molar-refractivity contribution >= 4 is 23.5 Å². The molecule has 3 aromatic rings. The average Bonchev–Trinajstić information content (AvgIpc) is 3.66. The summed E-state index contributed by atoms with van der Waals surface area (Å²) in [6.45, 7) is 4.62. The Hall–Kier alpha value is -4.18. The van der Waals surface area contributed by atoms with Crippen molar-refractivity contribution in [1.29, 1.82) is 0 Å². The highest BCUT2D eigenvalue weighted by atomic mass is 16.5. The van der Waals surface area contributed by atoms with E-state index in [0.717, 1.165) is 30.4 Å². The zero-order valence-electron chi connectivity index (χ0n) is 24.0. The summed E-state index contributed by atoms with van der Waals surface area (Å²) in [5.74, 6) is 0.142. The first-order valence-electron chi connectivity index (χ1n) is 14.1. The average molecular weight is 561 g/mol. The molecule has 0 aliphatic carbocycles. The van der Waals surface area contributed by atoms with Crippen molar-refractivity contribution < 1.29 is 19.1 Å². The molecule has 10 heteroatoms. The molecule has 0 saturated carbocycles. The SMILES string of the molecule is COc1ccc(C(C(=O)N2CCCC2)n2cnc(NC(=O)C(CCCc3ccccc3)NC(=O)C(C)(C)N)c2)cc1. The van der Waals surface area contributed by atoms with Gasteiger partial charge in [-0.05, 0) is 69.2 Å². The summed E-state index contributed by atoms with van der Waals surface area (Å²) in [5, 5.41) is 5.63. The predicted octanol–water partition coefficient (Wildman–Crippen LogP) is 3.29. The number of benzene rings is 2. The highest BCUT2D eigenvalue weighted by molar-refractivity contribution is 5.98. The van der Waals surface area contributed by atoms with Crippen LogP contribution in [0.4, 0.5) is 5.82 Å². The fraction of sp³-hybridized carbons (Fsp3) is 0.419. The van der Waals surface area contributed by atoms with Gasteiger partial charge in [0.25, 0.3) is 0 Å². The Bertz CT molecular complexity index is 1310. The molecule has 0 spiro atoms. The Labute approximate surface area is 241 Å². The van der Waals surface area contributed by atoms with E-state index in [2.05, 4.69) is 15.6 Å². The molecule has 218 valence electrons. The summed E-state index contributed by atoms with van der Waals surface area (Å²) in [5.41, 5.74) is 6.79. The molecule has 2 aromatic carbocycles. The van der Waals surface area contributed by atoms with Gasteiger partial charge >= 0.3 is 0 Å². The number of methoxy groups -OCH3 is 1. The summed E-state index contributed by atoms with van der Waals surface area (Å²) in [6.07, 6.45) is 7.02. The number of imidazole rings is 1. The van der Waals surface area contributed by atoms with Crippen molar-refractivity contribution in [3.8, 4) is 5.75 Å². The molecule has 1 fully saturated rings. The molecule has 10 nitrogen and oxygen atoms in total. The van der Waals surface area contributed by atoms with E-state index in [1.165, 1.54) is 0 Å². The first-order chi connectivity index (χ1) is 19.7. The van der Waals surface area contributed by atoms with E-state index < -0.39 is 29.4 Å². The van der Waals surface area contributed by atoms with Gasteiger partial charge in [-0.2, -0.15) is 0 Å². The Kier molecular flexibility index (Phi) is 9.78. The monoisotopic (exact) mass is 560 g/mol. The van der Waals surface area contributed by atoms with Gasteiger partial charge in [0.15, 0.2) is 5.82 Å². The third kappa shape index (κ3) is 7.94. The molecule has 3 amide bonds. The number of nitrogens with one attached hydrogen (secondary N) is 2. The van der Waals surface area contributed by atoms with Gasteiger partial charge < -0.3 is 30.6 Å². The zero-order chi connectivity index (χ0) is 29.4. The summed E-state index contributed by atoms with van der Waals surface area (Å²) in [4.78, 5) is 45.9. The lowest BCUT2D eigenvalue weighted by Gasteiger charge is -2.24. The fourth-order valence-electron chi connectivity index (χ4n) is 4.86. The second-order valence-corrected chi connectivity index (χ2v) is 11.0. The maximum Gasteiger partial charge on any atom is 0.250 e. The standard InChI is InChI=1S/C31H40N6O4/c1-31(2,32)30(40)34-25(13-9-12-22-10-5-4-6-11-22)28(38)35-26-20-37(21-33-26)27(29(39)36-18-7-8-19-36)23-14-16-24(41-3)17-15-23/h4-6,10-11,14-17,20-21,25,27H,7-9,12-13,18-19,32H2,1-3H3,(H,34,40)(H,35,38). The molecule has 2 unspecified atom stereocenters. The third-order valence-electron chi connectivity index (χ3n) is 7.24. The molecular formula is C31H40N6O4. The normalized spacial score (nSPS) is 14.8. The van der Waals surface area contributed by atoms with Crippen LogP contribution in [-0.4, -0.2) is 64.0 Å². The van der Waals surface area contributed by atoms with Crippen molar-refractivity contribution in [1.82, 2.24) is 19.8 Å². The number of nitrogens with two attached hydrogens (primary N) is 1. The predicted molar refractivity (Wildman–Crippen MR) is 157 cm³/mol. The van der Waals surface area contributed by atoms with E-state index in [0.29, 0.717) is 31.7 Å². The second kappa shape index (κ2) is 13.5. The van der Waals surface area contributed by atoms with E-state index in [1.807, 2.05) is 59.5 Å². The molecule has 4 N–H and O–H groups in total. The number of aryl methyl sites for hydroxylation is 1. The minimum atomic E-state index is -1.14. The molecule has 2 heterocycles. The molecule has 1 aromatic heterocycles. The Morgan fingerprint density at radius 2 is 1.73 bits per heavy atom. The fourth-order valence-corrected chi connectivity index (χ4v) is 4.86. The van der Waals surface area contributed by atoms with Crippen LogP contribution >= 0.6 is 0 Å². The Balaban J connectivity index is 1.51. The molecule has 41 heavy (non-hydrogen) atoms. The van der Waals surface area contributed by atoms with Gasteiger partial charge in [-0.1, -0.05) is 42.5 Å². The molecule has 0 radical (unpaired) electrons. The van der Waals surface area contributed by atoms with E-state index in [1.54, 1.807) is 38.0 Å². The van der Waals surface area contributed by atoms with Gasteiger partial charge in [-0.15, -0.1) is 0 Å². The number of anilines is 1. The molecule has 1 aliphatic heterocycles. The van der Waals surface area contributed by atoms with Crippen LogP contribution in [0.25, 0.3) is 0 Å². The smallest absolute Gasteiger partial charge is 0.250 e. The number of hydrogen-bond donors (Lipinski definition) is 3. The van der Waals surface area contributed by atoms with Crippen molar-refractivity contribution in [3.63, 3.8) is 0 Å². The molecular weight excluding hydrogens is 520 g/mol. The van der Waals surface area contributed by atoms with Crippen LogP contribution in [0.15, 0.2) is 67.1 Å². The Morgan fingerprint density at radius 3 is 2.37 bits per heavy atom. The minimum absolute atomic E-state index is 0.0285. The molecule has 1 saturated heterocycles. The maximum atomic E-state index is 13.6. The minimum Gasteiger partial charge on any atom is -0.497 e. The summed E-state index contributed by atoms with van der Waals surface area (Å²) in [6, 6.07) is 15.9. The van der Waals surface area contributed by atoms with E-state index in [-0.39, 0.29) is 11.7 Å². The van der Waals surface area contributed by atoms with Crippen LogP contribution in [-0.2, 0) is 20.8 Å². The van der Waals surface area contributed by atoms with Gasteiger partial charge in [-0.3, -0.25) is 14.4 Å². The number of likely N-dealkylation sites (tertiary alicyclic amines) is 1. The lowest BCUT2D eigenvalue weighted by molar-refractivity contribution is -0.132. The highest BCUT2D eigenvalue weighted by Crippen LogP contribution is 2.26. The van der Waals surface area contributed by atoms with Crippen LogP contribution in [0.3, 0.4) is 0 Å². The van der Waals surface area contributed by atoms with Crippen LogP contribution in [0.5, 0.6) is 5.75 Å². The number of carbonyl (C=O) groups excluding carboxylic acids is 3. The van der Waals surface area contributed by atoms with Gasteiger partial charge in [0, 0.05) is 19.3 Å². The molecule has 0 bridgehead atoms. The maximum absolute atomic E-state index is 13.6. The molecule has 1 aliphatic rings. The Morgan fingerprint density at radius 1 is 1.05 bits per heavy atom. The van der Waals surface area contributed by atoms with Crippen molar-refractivity contribution in [3.05, 3.63) is 78.2 Å². The molecule has 4 rings (SSSR count). The van der Waals surface area contributed by atoms with Gasteiger partial charge in [0.1, 0.15) is 17.8 Å². The van der Waals surface area contributed by atoms with Crippen LogP contribution in [0.1, 0.15) is 56.7 Å². The van der Waals surface area contributed by atoms with E-state index in [9.17, 15) is 14.4 Å². The number of hydrogen-bond acceptors (Lipinski definition) is 6. The van der Waals surface area contributed by atoms with Gasteiger partial charge in [0.2, 0.25) is 17.7 Å². The number of rotatable bonds is 12. The van der Waals surface area contributed by atoms with Crippen molar-refractivity contribution in [2.45, 2.75) is 63.6 Å². The van der Waals surface area contributed by atoms with Gasteiger partial charge in [-0.25, -0.2) is 4.98 Å². The number of carbonyl (C=O) groups is 3. The zero-order valence-corrected chi connectivity index (χ0v) is 24.0. The summed E-state index contributed by atoms with van der Waals surface area (Å²) >= 11 is 0. The third-order valence-corrected chi connectivity index (χ3v) is 7.24. The highest BCUT2D eigenvalue weighted by Gasteiger charge is 2.31. The van der Waals surface area contributed by atoms with Crippen molar-refractivity contribution in [2.24, 2.45) is 5.73 Å². The van der Waals surface area contributed by atoms with Crippen LogP contribution < -0.4 is 21.1 Å². The summed E-state index contributed by atoms with van der Waals surface area (Å²) in [7, 11) is 1.60. The lowest BCUT2D eigenvalue weighted by Crippen LogP contribution is -2.54. The second-order valence-electron chi connectivity index (χ2n) is 11.0. The summed E-state index contributed by atoms with van der Waals surface area (Å²) < 4.78 is 7.00. The number of nitrogens with zero attached hydrogens (tertiary/aromatic N) is 3. The number of aromatic nitrogens is 2. The van der Waals surface area contributed by atoms with Crippen LogP contribution in [0.2, 0.25) is 0 Å². The number of ether oxygens (including phenoxy) is 1. The molecule has 2 atom stereocenters. The first kappa shape index (κ1) is 29.8. The topological polar surface area (TPSA) is 132 Å². The quantitative estimate of drug-likeness (QED) is 0.312. The largest absolute Gasteiger partial charge is 0.497 e. The number of amides is 3. The lowest BCUT2D eigenvalue weighted by atomic mass is 10.0. The van der Waals surface area contributed by atoms with E-state index in [4.69, 9.17) is 10.5 Å². The van der Waals surface area contributed by atoms with E-state index >= 15 is 0 Å².